The van der Waals surface area contributed by atoms with Gasteiger partial charge < -0.3 is 25.4 Å². The fourth-order valence-electron chi connectivity index (χ4n) is 2.66. The van der Waals surface area contributed by atoms with Gasteiger partial charge in [-0.05, 0) is 38.0 Å². The zero-order chi connectivity index (χ0) is 20.9. The van der Waals surface area contributed by atoms with E-state index in [2.05, 4.69) is 20.9 Å². The molecule has 0 aliphatic carbocycles. The molecule has 0 radical (unpaired) electrons. The van der Waals surface area contributed by atoms with Crippen molar-refractivity contribution in [1.29, 1.82) is 0 Å². The van der Waals surface area contributed by atoms with Gasteiger partial charge in [0.2, 0.25) is 5.91 Å². The van der Waals surface area contributed by atoms with E-state index >= 15 is 0 Å². The highest BCUT2D eigenvalue weighted by Crippen LogP contribution is 2.30. The lowest BCUT2D eigenvalue weighted by Gasteiger charge is -2.14. The molecular formula is C22H30N4O3. The molecule has 2 aromatic rings. The second-order valence-corrected chi connectivity index (χ2v) is 6.20. The number of guanidine groups is 1. The molecule has 7 nitrogen and oxygen atoms in total. The normalized spacial score (nSPS) is 10.9. The third kappa shape index (κ3) is 7.73. The molecule has 29 heavy (non-hydrogen) atoms. The van der Waals surface area contributed by atoms with Crippen LogP contribution < -0.4 is 25.4 Å². The molecule has 0 unspecified atom stereocenters. The van der Waals surface area contributed by atoms with E-state index < -0.39 is 0 Å². The minimum absolute atomic E-state index is 0.0403. The maximum Gasteiger partial charge on any atom is 0.241 e. The molecule has 3 N–H and O–H groups in total. The molecule has 0 saturated carbocycles. The van der Waals surface area contributed by atoms with Crippen LogP contribution in [0.15, 0.2) is 53.5 Å². The highest BCUT2D eigenvalue weighted by Gasteiger charge is 2.08. The second-order valence-electron chi connectivity index (χ2n) is 6.20. The predicted octanol–water partition coefficient (Wildman–Crippen LogP) is 2.83. The van der Waals surface area contributed by atoms with Crippen LogP contribution in [-0.4, -0.2) is 45.2 Å². The topological polar surface area (TPSA) is 84.0 Å². The van der Waals surface area contributed by atoms with Gasteiger partial charge in [0.1, 0.15) is 6.54 Å². The number of carbonyl (C=O) groups is 1. The third-order valence-electron chi connectivity index (χ3n) is 4.03. The summed E-state index contributed by atoms with van der Waals surface area (Å²) in [6.45, 7) is 5.72. The number of hydrogen-bond donors (Lipinski definition) is 3. The molecule has 0 fully saturated rings. The Morgan fingerprint density at radius 3 is 2.52 bits per heavy atom. The van der Waals surface area contributed by atoms with E-state index in [-0.39, 0.29) is 12.5 Å². The lowest BCUT2D eigenvalue weighted by Crippen LogP contribution is -2.33. The maximum absolute atomic E-state index is 12.1. The van der Waals surface area contributed by atoms with E-state index in [1.54, 1.807) is 7.11 Å². The lowest BCUT2D eigenvalue weighted by molar-refractivity contribution is -0.119. The summed E-state index contributed by atoms with van der Waals surface area (Å²) in [7, 11) is 1.60. The van der Waals surface area contributed by atoms with E-state index in [0.717, 1.165) is 12.1 Å². The SMILES string of the molecule is CCNC(=NCC(=O)NCCc1ccccc1)Nc1ccc(OC)c(OCC)c1. The van der Waals surface area contributed by atoms with Crippen molar-refractivity contribution in [3.63, 3.8) is 0 Å². The van der Waals surface area contributed by atoms with E-state index in [1.165, 1.54) is 5.56 Å². The number of amides is 1. The summed E-state index contributed by atoms with van der Waals surface area (Å²) < 4.78 is 10.9. The number of nitrogens with one attached hydrogen (secondary N) is 3. The van der Waals surface area contributed by atoms with E-state index in [1.807, 2.05) is 62.4 Å². The van der Waals surface area contributed by atoms with Crippen LogP contribution in [0, 0.1) is 0 Å². The Balaban J connectivity index is 1.91. The molecule has 0 aromatic heterocycles. The first-order chi connectivity index (χ1) is 14.2. The molecule has 0 heterocycles. The van der Waals surface area contributed by atoms with Crippen molar-refractivity contribution in [3.05, 3.63) is 54.1 Å². The molecule has 0 aliphatic rings. The van der Waals surface area contributed by atoms with Crippen LogP contribution in [0.4, 0.5) is 5.69 Å². The summed E-state index contributed by atoms with van der Waals surface area (Å²) in [6, 6.07) is 15.6. The number of hydrogen-bond acceptors (Lipinski definition) is 4. The quantitative estimate of drug-likeness (QED) is 0.423. The van der Waals surface area contributed by atoms with Crippen LogP contribution in [0.1, 0.15) is 19.4 Å². The van der Waals surface area contributed by atoms with E-state index in [4.69, 9.17) is 9.47 Å². The Labute approximate surface area is 172 Å². The van der Waals surface area contributed by atoms with Gasteiger partial charge in [-0.15, -0.1) is 0 Å². The van der Waals surface area contributed by atoms with Gasteiger partial charge in [-0.2, -0.15) is 0 Å². The first-order valence-electron chi connectivity index (χ1n) is 9.83. The number of carbonyl (C=O) groups excluding carboxylic acids is 1. The molecule has 0 atom stereocenters. The van der Waals surface area contributed by atoms with Crippen molar-refractivity contribution in [2.24, 2.45) is 4.99 Å². The molecule has 0 spiro atoms. The van der Waals surface area contributed by atoms with E-state index in [9.17, 15) is 4.79 Å². The fraction of sp³-hybridized carbons (Fsp3) is 0.364. The number of anilines is 1. The number of ether oxygens (including phenoxy) is 2. The summed E-state index contributed by atoms with van der Waals surface area (Å²) in [5, 5.41) is 9.22. The fourth-order valence-corrected chi connectivity index (χ4v) is 2.66. The summed E-state index contributed by atoms with van der Waals surface area (Å²) in [6.07, 6.45) is 0.792. The van der Waals surface area contributed by atoms with Crippen molar-refractivity contribution in [1.82, 2.24) is 10.6 Å². The molecule has 0 aliphatic heterocycles. The number of aliphatic imine (C=N–C) groups is 1. The Hall–Kier alpha value is -3.22. The third-order valence-corrected chi connectivity index (χ3v) is 4.03. The average molecular weight is 399 g/mol. The van der Waals surface area contributed by atoms with Gasteiger partial charge in [0.05, 0.1) is 13.7 Å². The smallest absolute Gasteiger partial charge is 0.241 e. The van der Waals surface area contributed by atoms with Gasteiger partial charge in [0, 0.05) is 24.8 Å². The Bertz CT molecular complexity index is 794. The van der Waals surface area contributed by atoms with E-state index in [0.29, 0.717) is 37.2 Å². The van der Waals surface area contributed by atoms with Gasteiger partial charge in [-0.25, -0.2) is 4.99 Å². The van der Waals surface area contributed by atoms with Crippen molar-refractivity contribution >= 4 is 17.6 Å². The first kappa shape index (κ1) is 22.1. The average Bonchev–Trinajstić information content (AvgIpc) is 2.73. The van der Waals surface area contributed by atoms with Crippen LogP contribution in [0.3, 0.4) is 0 Å². The van der Waals surface area contributed by atoms with Crippen molar-refractivity contribution in [2.45, 2.75) is 20.3 Å². The lowest BCUT2D eigenvalue weighted by atomic mass is 10.1. The minimum Gasteiger partial charge on any atom is -0.493 e. The van der Waals surface area contributed by atoms with Crippen molar-refractivity contribution in [2.75, 3.05) is 38.7 Å². The number of methoxy groups -OCH3 is 1. The van der Waals surface area contributed by atoms with Gasteiger partial charge in [0.15, 0.2) is 17.5 Å². The molecule has 1 amide bonds. The summed E-state index contributed by atoms with van der Waals surface area (Å²) in [5.74, 6) is 1.72. The number of rotatable bonds is 10. The molecule has 2 rings (SSSR count). The monoisotopic (exact) mass is 398 g/mol. The van der Waals surface area contributed by atoms with Gasteiger partial charge in [0.25, 0.3) is 0 Å². The van der Waals surface area contributed by atoms with Crippen LogP contribution in [0.25, 0.3) is 0 Å². The summed E-state index contributed by atoms with van der Waals surface area (Å²) >= 11 is 0. The summed E-state index contributed by atoms with van der Waals surface area (Å²) in [4.78, 5) is 16.5. The zero-order valence-electron chi connectivity index (χ0n) is 17.3. The zero-order valence-corrected chi connectivity index (χ0v) is 17.3. The molecule has 7 heteroatoms. The van der Waals surface area contributed by atoms with Gasteiger partial charge >= 0.3 is 0 Å². The van der Waals surface area contributed by atoms with Crippen LogP contribution in [-0.2, 0) is 11.2 Å². The van der Waals surface area contributed by atoms with Crippen LogP contribution >= 0.6 is 0 Å². The van der Waals surface area contributed by atoms with Crippen molar-refractivity contribution < 1.29 is 14.3 Å². The molecule has 0 bridgehead atoms. The molecular weight excluding hydrogens is 368 g/mol. The van der Waals surface area contributed by atoms with Crippen LogP contribution in [0.5, 0.6) is 11.5 Å². The molecule has 2 aromatic carbocycles. The largest absolute Gasteiger partial charge is 0.493 e. The number of nitrogens with zero attached hydrogens (tertiary/aromatic N) is 1. The Morgan fingerprint density at radius 2 is 1.83 bits per heavy atom. The molecule has 0 saturated heterocycles. The highest BCUT2D eigenvalue weighted by molar-refractivity contribution is 5.95. The molecule has 156 valence electrons. The second kappa shape index (κ2) is 12.3. The Morgan fingerprint density at radius 1 is 1.03 bits per heavy atom. The van der Waals surface area contributed by atoms with Gasteiger partial charge in [-0.1, -0.05) is 30.3 Å². The highest BCUT2D eigenvalue weighted by atomic mass is 16.5. The minimum atomic E-state index is -0.122. The number of benzene rings is 2. The Kier molecular flexibility index (Phi) is 9.35. The first-order valence-corrected chi connectivity index (χ1v) is 9.83. The van der Waals surface area contributed by atoms with Gasteiger partial charge in [-0.3, -0.25) is 4.79 Å². The van der Waals surface area contributed by atoms with Crippen LogP contribution in [0.2, 0.25) is 0 Å². The standard InChI is InChI=1S/C22H30N4O3/c1-4-23-22(26-18-11-12-19(28-3)20(15-18)29-5-2)25-16-21(27)24-14-13-17-9-7-6-8-10-17/h6-12,15H,4-5,13-14,16H2,1-3H3,(H,24,27)(H2,23,25,26). The summed E-state index contributed by atoms with van der Waals surface area (Å²) in [5.41, 5.74) is 1.98. The maximum atomic E-state index is 12.1. The predicted molar refractivity (Wildman–Crippen MR) is 117 cm³/mol. The van der Waals surface area contributed by atoms with Crippen molar-refractivity contribution in [3.8, 4) is 11.5 Å².